The van der Waals surface area contributed by atoms with Gasteiger partial charge in [-0.05, 0) is 25.0 Å². The molecule has 114 valence electrons. The maximum Gasteiger partial charge on any atom is 0.315 e. The van der Waals surface area contributed by atoms with Gasteiger partial charge in [0.1, 0.15) is 6.04 Å². The van der Waals surface area contributed by atoms with E-state index in [1.54, 1.807) is 18.9 Å². The largest absolute Gasteiger partial charge is 0.383 e. The Morgan fingerprint density at radius 2 is 2.14 bits per heavy atom. The third-order valence-electron chi connectivity index (χ3n) is 3.46. The maximum absolute atomic E-state index is 12.4. The summed E-state index contributed by atoms with van der Waals surface area (Å²) in [5.74, 6) is -0.0955. The number of methoxy groups -OCH3 is 1. The van der Waals surface area contributed by atoms with Crippen LogP contribution in [0.2, 0.25) is 0 Å². The van der Waals surface area contributed by atoms with Crippen LogP contribution in [0.1, 0.15) is 12.5 Å². The van der Waals surface area contributed by atoms with Crippen LogP contribution in [-0.2, 0) is 16.0 Å². The smallest absolute Gasteiger partial charge is 0.315 e. The van der Waals surface area contributed by atoms with Crippen molar-refractivity contribution >= 4 is 17.6 Å². The summed E-state index contributed by atoms with van der Waals surface area (Å²) < 4.78 is 4.85. The Hall–Kier alpha value is -2.08. The highest BCUT2D eigenvalue weighted by Gasteiger charge is 2.28. The van der Waals surface area contributed by atoms with Gasteiger partial charge >= 0.3 is 6.03 Å². The van der Waals surface area contributed by atoms with Gasteiger partial charge in [-0.1, -0.05) is 18.2 Å². The molecule has 0 radical (unpaired) electrons. The molecule has 0 saturated heterocycles. The molecule has 1 aromatic rings. The lowest BCUT2D eigenvalue weighted by molar-refractivity contribution is -0.119. The number of anilines is 1. The topological polar surface area (TPSA) is 70.7 Å². The third kappa shape index (κ3) is 3.72. The zero-order valence-corrected chi connectivity index (χ0v) is 12.4. The van der Waals surface area contributed by atoms with E-state index in [1.165, 1.54) is 5.56 Å². The fraction of sp³-hybridized carbons (Fsp3) is 0.467. The Labute approximate surface area is 124 Å². The lowest BCUT2D eigenvalue weighted by atomic mass is 10.2. The van der Waals surface area contributed by atoms with E-state index in [1.807, 2.05) is 24.3 Å². The van der Waals surface area contributed by atoms with Crippen molar-refractivity contribution in [2.45, 2.75) is 19.4 Å². The van der Waals surface area contributed by atoms with E-state index in [4.69, 9.17) is 4.74 Å². The molecule has 0 aliphatic carbocycles. The maximum atomic E-state index is 12.4. The minimum atomic E-state index is -0.571. The molecule has 1 heterocycles. The van der Waals surface area contributed by atoms with Crippen LogP contribution in [0, 0.1) is 0 Å². The summed E-state index contributed by atoms with van der Waals surface area (Å²) in [6.07, 6.45) is 0.856. The Bertz CT molecular complexity index is 519. The predicted molar refractivity (Wildman–Crippen MR) is 80.4 cm³/mol. The third-order valence-corrected chi connectivity index (χ3v) is 3.46. The molecule has 0 spiro atoms. The number of carbonyl (C=O) groups excluding carboxylic acids is 2. The van der Waals surface area contributed by atoms with Crippen molar-refractivity contribution in [2.75, 3.05) is 31.7 Å². The van der Waals surface area contributed by atoms with E-state index in [-0.39, 0.29) is 11.9 Å². The molecule has 6 heteroatoms. The number of urea groups is 1. The summed E-state index contributed by atoms with van der Waals surface area (Å²) in [5.41, 5.74) is 2.11. The molecule has 3 amide bonds. The zero-order chi connectivity index (χ0) is 15.2. The Morgan fingerprint density at radius 1 is 1.38 bits per heavy atom. The molecule has 1 aliphatic rings. The number of para-hydroxylation sites is 1. The number of rotatable bonds is 5. The first-order chi connectivity index (χ1) is 10.1. The summed E-state index contributed by atoms with van der Waals surface area (Å²) in [6.45, 7) is 3.21. The second-order valence-electron chi connectivity index (χ2n) is 4.98. The second-order valence-corrected chi connectivity index (χ2v) is 4.98. The molecule has 0 saturated carbocycles. The predicted octanol–water partition coefficient (Wildman–Crippen LogP) is 0.910. The van der Waals surface area contributed by atoms with E-state index in [0.29, 0.717) is 19.7 Å². The molecule has 0 aromatic heterocycles. The van der Waals surface area contributed by atoms with Gasteiger partial charge in [-0.25, -0.2) is 4.79 Å². The molecule has 2 rings (SSSR count). The molecule has 6 nitrogen and oxygen atoms in total. The highest BCUT2D eigenvalue weighted by atomic mass is 16.5. The van der Waals surface area contributed by atoms with Crippen molar-refractivity contribution in [3.8, 4) is 0 Å². The highest BCUT2D eigenvalue weighted by molar-refractivity contribution is 6.00. The van der Waals surface area contributed by atoms with Gasteiger partial charge in [0.25, 0.3) is 0 Å². The summed E-state index contributed by atoms with van der Waals surface area (Å²) >= 11 is 0. The van der Waals surface area contributed by atoms with Crippen molar-refractivity contribution in [1.29, 1.82) is 0 Å². The van der Waals surface area contributed by atoms with Crippen LogP contribution in [-0.4, -0.2) is 44.8 Å². The standard InChI is InChI=1S/C15H21N3O3/c1-11(17-15(20)16-8-10-21-2)14(19)18-9-7-12-5-3-4-6-13(12)18/h3-6,11H,7-10H2,1-2H3,(H2,16,17,20). The summed E-state index contributed by atoms with van der Waals surface area (Å²) in [6, 6.07) is 6.92. The van der Waals surface area contributed by atoms with Crippen LogP contribution < -0.4 is 15.5 Å². The van der Waals surface area contributed by atoms with Gasteiger partial charge in [0.2, 0.25) is 5.91 Å². The normalized spacial score (nSPS) is 14.5. The molecular formula is C15H21N3O3. The monoisotopic (exact) mass is 291 g/mol. The van der Waals surface area contributed by atoms with Gasteiger partial charge in [-0.15, -0.1) is 0 Å². The summed E-state index contributed by atoms with van der Waals surface area (Å²) in [4.78, 5) is 25.8. The first kappa shape index (κ1) is 15.3. The lowest BCUT2D eigenvalue weighted by Crippen LogP contribution is -2.50. The number of hydrogen-bond acceptors (Lipinski definition) is 3. The zero-order valence-electron chi connectivity index (χ0n) is 12.4. The van der Waals surface area contributed by atoms with Crippen LogP contribution in [0.25, 0.3) is 0 Å². The van der Waals surface area contributed by atoms with E-state index >= 15 is 0 Å². The first-order valence-corrected chi connectivity index (χ1v) is 7.06. The quantitative estimate of drug-likeness (QED) is 0.792. The Morgan fingerprint density at radius 3 is 2.90 bits per heavy atom. The van der Waals surface area contributed by atoms with Gasteiger partial charge < -0.3 is 20.3 Å². The van der Waals surface area contributed by atoms with Gasteiger partial charge in [0.15, 0.2) is 0 Å². The van der Waals surface area contributed by atoms with E-state index < -0.39 is 6.04 Å². The van der Waals surface area contributed by atoms with Gasteiger partial charge in [-0.2, -0.15) is 0 Å². The van der Waals surface area contributed by atoms with E-state index in [9.17, 15) is 9.59 Å². The highest BCUT2D eigenvalue weighted by Crippen LogP contribution is 2.27. The fourth-order valence-corrected chi connectivity index (χ4v) is 2.38. The average molecular weight is 291 g/mol. The molecule has 1 atom stereocenters. The molecule has 1 unspecified atom stereocenters. The van der Waals surface area contributed by atoms with Gasteiger partial charge in [-0.3, -0.25) is 4.79 Å². The molecule has 0 bridgehead atoms. The number of ether oxygens (including phenoxy) is 1. The number of nitrogens with one attached hydrogen (secondary N) is 2. The minimum absolute atomic E-state index is 0.0955. The lowest BCUT2D eigenvalue weighted by Gasteiger charge is -2.22. The summed E-state index contributed by atoms with van der Waals surface area (Å²) in [5, 5.41) is 5.28. The molecule has 21 heavy (non-hydrogen) atoms. The minimum Gasteiger partial charge on any atom is -0.383 e. The van der Waals surface area contributed by atoms with Crippen LogP contribution in [0.15, 0.2) is 24.3 Å². The summed E-state index contributed by atoms with van der Waals surface area (Å²) in [7, 11) is 1.57. The first-order valence-electron chi connectivity index (χ1n) is 7.06. The van der Waals surface area contributed by atoms with E-state index in [2.05, 4.69) is 10.6 Å². The van der Waals surface area contributed by atoms with Crippen LogP contribution in [0.5, 0.6) is 0 Å². The van der Waals surface area contributed by atoms with Crippen LogP contribution in [0.3, 0.4) is 0 Å². The number of benzene rings is 1. The SMILES string of the molecule is COCCNC(=O)NC(C)C(=O)N1CCc2ccccc21. The molecule has 1 aromatic carbocycles. The van der Waals surface area contributed by atoms with Crippen LogP contribution in [0.4, 0.5) is 10.5 Å². The average Bonchev–Trinajstić information content (AvgIpc) is 2.90. The van der Waals surface area contributed by atoms with E-state index in [0.717, 1.165) is 12.1 Å². The molecular weight excluding hydrogens is 270 g/mol. The van der Waals surface area contributed by atoms with Crippen molar-refractivity contribution in [2.24, 2.45) is 0 Å². The van der Waals surface area contributed by atoms with Gasteiger partial charge in [0.05, 0.1) is 6.61 Å². The fourth-order valence-electron chi connectivity index (χ4n) is 2.38. The van der Waals surface area contributed by atoms with Crippen LogP contribution >= 0.6 is 0 Å². The number of hydrogen-bond donors (Lipinski definition) is 2. The number of nitrogens with zero attached hydrogens (tertiary/aromatic N) is 1. The van der Waals surface area contributed by atoms with Crippen molar-refractivity contribution in [3.05, 3.63) is 29.8 Å². The van der Waals surface area contributed by atoms with Crippen molar-refractivity contribution in [3.63, 3.8) is 0 Å². The number of carbonyl (C=O) groups is 2. The Balaban J connectivity index is 1.90. The number of amides is 3. The van der Waals surface area contributed by atoms with Gasteiger partial charge in [0, 0.05) is 25.9 Å². The molecule has 2 N–H and O–H groups in total. The second kappa shape index (κ2) is 7.08. The van der Waals surface area contributed by atoms with Crippen molar-refractivity contribution < 1.29 is 14.3 Å². The number of fused-ring (bicyclic) bond motifs is 1. The van der Waals surface area contributed by atoms with Crippen molar-refractivity contribution in [1.82, 2.24) is 10.6 Å². The Kier molecular flexibility index (Phi) is 5.16. The molecule has 1 aliphatic heterocycles. The molecule has 0 fully saturated rings.